The van der Waals surface area contributed by atoms with E-state index in [0.29, 0.717) is 0 Å². The molecule has 398 valence electrons. The lowest BCUT2D eigenvalue weighted by Gasteiger charge is -2.33. The second-order valence-electron chi connectivity index (χ2n) is 25.1. The molecular weight excluding hydrogens is 875 g/mol. The first kappa shape index (κ1) is 57.9. The van der Waals surface area contributed by atoms with E-state index in [4.69, 9.17) is 0 Å². The number of hydrogen-bond acceptors (Lipinski definition) is 0. The van der Waals surface area contributed by atoms with Crippen LogP contribution in [-0.4, -0.2) is 20.7 Å². The van der Waals surface area contributed by atoms with Crippen LogP contribution in [0.3, 0.4) is 0 Å². The van der Waals surface area contributed by atoms with E-state index in [1.165, 1.54) is 319 Å². The maximum atomic E-state index is 2.84. The monoisotopic (exact) mass is 992 g/mol. The lowest BCUT2D eigenvalue weighted by atomic mass is 10.0. The Balaban J connectivity index is 1.37. The van der Waals surface area contributed by atoms with Crippen molar-refractivity contribution in [2.45, 2.75) is 344 Å². The molecule has 70 heavy (non-hydrogen) atoms. The van der Waals surface area contributed by atoms with Crippen molar-refractivity contribution in [3.63, 3.8) is 0 Å². The Kier molecular flexibility index (Phi) is 29.6. The molecule has 0 fully saturated rings. The lowest BCUT2D eigenvalue weighted by molar-refractivity contribution is 0.528. The van der Waals surface area contributed by atoms with Crippen molar-refractivity contribution < 1.29 is 0 Å². The maximum absolute atomic E-state index is 2.84. The first-order valence-corrected chi connectivity index (χ1v) is 38.0. The summed E-state index contributed by atoms with van der Waals surface area (Å²) >= 11 is 0. The molecule has 0 unspecified atom stereocenters. The summed E-state index contributed by atoms with van der Waals surface area (Å²) in [5, 5.41) is 6.78. The van der Waals surface area contributed by atoms with Crippen LogP contribution in [0.15, 0.2) is 36.4 Å². The average molecular weight is 993 g/mol. The zero-order chi connectivity index (χ0) is 48.5. The van der Waals surface area contributed by atoms with Crippen molar-refractivity contribution >= 4 is 48.3 Å². The van der Waals surface area contributed by atoms with E-state index in [2.05, 4.69) is 48.0 Å². The van der Waals surface area contributed by atoms with Gasteiger partial charge in [0, 0.05) is 28.9 Å². The van der Waals surface area contributed by atoms with Crippen molar-refractivity contribution in [3.8, 4) is 0 Å². The molecule has 0 radical (unpaired) electrons. The lowest BCUT2D eigenvalue weighted by Crippen LogP contribution is -2.47. The first-order chi connectivity index (χ1) is 34.7. The standard InChI is InChI=1S/C67H117NSi2/c1-68-66-60-62-50-52-64(66)65-53-51-63(61-67(65)68)70-55-45-39-33-27-21-15-9-3-2-8-14-20-26-32-38-44-54-69(62,56-46-40-34-28-22-16-10-4-6-12-18-24-30-36-42-48-58-70)57-47-41-35-29-23-17-11-5-7-13-19-25-31-37-43-49-59-70/h50-53,60-61H,2-49,54-59H2,1H3. The molecule has 1 nitrogen and oxygen atoms in total. The van der Waals surface area contributed by atoms with E-state index in [1.54, 1.807) is 47.3 Å². The largest absolute Gasteiger partial charge is 0.344 e. The van der Waals surface area contributed by atoms with Gasteiger partial charge in [-0.05, 0) is 12.1 Å². The Morgan fingerprint density at radius 3 is 0.557 bits per heavy atom. The average Bonchev–Trinajstić information content (AvgIpc) is 3.65. The van der Waals surface area contributed by atoms with Crippen LogP contribution in [0, 0.1) is 0 Å². The van der Waals surface area contributed by atoms with Crippen molar-refractivity contribution in [1.82, 2.24) is 4.57 Å². The van der Waals surface area contributed by atoms with Crippen molar-refractivity contribution in [2.75, 3.05) is 0 Å². The third-order valence-corrected chi connectivity index (χ3v) is 30.4. The van der Waals surface area contributed by atoms with Gasteiger partial charge in [0.2, 0.25) is 0 Å². The molecule has 0 amide bonds. The summed E-state index contributed by atoms with van der Waals surface area (Å²) in [5.41, 5.74) is 3.11. The van der Waals surface area contributed by atoms with Gasteiger partial charge in [-0.15, -0.1) is 0 Å². The number of rotatable bonds is 0. The van der Waals surface area contributed by atoms with Gasteiger partial charge in [-0.2, -0.15) is 0 Å². The fraction of sp³-hybridized carbons (Fsp3) is 0.821. The van der Waals surface area contributed by atoms with Gasteiger partial charge in [0.1, 0.15) is 0 Å². The fourth-order valence-electron chi connectivity index (χ4n) is 14.7. The third kappa shape index (κ3) is 20.8. The summed E-state index contributed by atoms with van der Waals surface area (Å²) in [5.74, 6) is 0. The molecule has 0 atom stereocenters. The molecule has 2 aromatic carbocycles. The van der Waals surface area contributed by atoms with Crippen molar-refractivity contribution in [1.29, 1.82) is 0 Å². The van der Waals surface area contributed by atoms with Gasteiger partial charge in [0.25, 0.3) is 0 Å². The summed E-state index contributed by atoms with van der Waals surface area (Å²) in [7, 11) is -0.980. The molecular formula is C67H117NSi2. The SMILES string of the molecule is Cn1c2cc3ccc2c2ccc(cc21)[Si]12CCCCCCCCCCCCCCCCCC[Si]3(CCCCCCCCCCCCCCCCCC1)CCCCCCCCCCCCCCCCCC2. The van der Waals surface area contributed by atoms with Crippen LogP contribution < -0.4 is 10.4 Å². The summed E-state index contributed by atoms with van der Waals surface area (Å²) < 4.78 is 2.72. The molecule has 3 aliphatic rings. The van der Waals surface area contributed by atoms with Crippen LogP contribution in [0.5, 0.6) is 0 Å². The van der Waals surface area contributed by atoms with Gasteiger partial charge in [-0.25, -0.2) is 0 Å². The molecule has 4 heterocycles. The number of hydrogen-bond donors (Lipinski definition) is 0. The minimum Gasteiger partial charge on any atom is -0.344 e. The number of aryl methyl sites for hydroxylation is 1. The molecule has 0 aliphatic carbocycles. The number of aromatic nitrogens is 1. The predicted octanol–water partition coefficient (Wildman–Crippen LogP) is 22.4. The smallest absolute Gasteiger partial charge is 0.0868 e. The molecule has 3 heteroatoms. The highest BCUT2D eigenvalue weighted by Crippen LogP contribution is 2.36. The summed E-state index contributed by atoms with van der Waals surface area (Å²) in [6.45, 7) is 0. The van der Waals surface area contributed by atoms with Crippen LogP contribution in [0.2, 0.25) is 36.3 Å². The number of nitrogens with zero attached hydrogens (tertiary/aromatic N) is 1. The highest BCUT2D eigenvalue weighted by molar-refractivity contribution is 6.92. The highest BCUT2D eigenvalue weighted by Gasteiger charge is 2.36. The second-order valence-corrected chi connectivity index (χ2v) is 34.3. The Morgan fingerprint density at radius 2 is 0.386 bits per heavy atom. The molecule has 6 bridgehead atoms. The molecule has 6 rings (SSSR count). The molecule has 0 spiro atoms. The van der Waals surface area contributed by atoms with Gasteiger partial charge in [-0.1, -0.05) is 379 Å². The van der Waals surface area contributed by atoms with Gasteiger partial charge >= 0.3 is 0 Å². The van der Waals surface area contributed by atoms with Crippen LogP contribution in [-0.2, 0) is 7.05 Å². The molecule has 0 saturated heterocycles. The van der Waals surface area contributed by atoms with Crippen molar-refractivity contribution in [2.24, 2.45) is 7.05 Å². The Morgan fingerprint density at radius 1 is 0.229 bits per heavy atom. The van der Waals surface area contributed by atoms with E-state index in [9.17, 15) is 0 Å². The normalized spacial score (nSPS) is 26.5. The van der Waals surface area contributed by atoms with Gasteiger partial charge in [0.05, 0.1) is 16.1 Å². The van der Waals surface area contributed by atoms with Crippen LogP contribution in [0.4, 0.5) is 0 Å². The second kappa shape index (κ2) is 35.8. The number of fused-ring (bicyclic) bond motifs is 1. The van der Waals surface area contributed by atoms with E-state index >= 15 is 0 Å². The van der Waals surface area contributed by atoms with Crippen LogP contribution >= 0.6 is 0 Å². The van der Waals surface area contributed by atoms with E-state index in [1.807, 2.05) is 10.4 Å². The quantitative estimate of drug-likeness (QED) is 0.198. The summed E-state index contributed by atoms with van der Waals surface area (Å²) in [6, 6.07) is 25.8. The Bertz CT molecular complexity index is 1530. The van der Waals surface area contributed by atoms with Gasteiger partial charge in [0.15, 0.2) is 0 Å². The molecule has 3 aromatic rings. The zero-order valence-corrected chi connectivity index (χ0v) is 49.1. The Labute approximate surface area is 438 Å². The molecule has 0 saturated carbocycles. The molecule has 3 aliphatic heterocycles. The van der Waals surface area contributed by atoms with Gasteiger partial charge < -0.3 is 4.57 Å². The predicted molar refractivity (Wildman–Crippen MR) is 322 cm³/mol. The van der Waals surface area contributed by atoms with E-state index in [0.717, 1.165) is 0 Å². The topological polar surface area (TPSA) is 4.93 Å². The van der Waals surface area contributed by atoms with Crippen LogP contribution in [0.1, 0.15) is 308 Å². The van der Waals surface area contributed by atoms with Crippen LogP contribution in [0.25, 0.3) is 21.8 Å². The molecule has 0 N–H and O–H groups in total. The summed E-state index contributed by atoms with van der Waals surface area (Å²) in [4.78, 5) is 0. The molecule has 1 aromatic heterocycles. The zero-order valence-electron chi connectivity index (χ0n) is 47.1. The van der Waals surface area contributed by atoms with E-state index < -0.39 is 16.1 Å². The summed E-state index contributed by atoms with van der Waals surface area (Å²) in [6.07, 6.45) is 71.0. The first-order valence-electron chi connectivity index (χ1n) is 32.7. The minimum atomic E-state index is -1.73. The third-order valence-electron chi connectivity index (χ3n) is 19.4. The maximum Gasteiger partial charge on any atom is 0.0868 e. The van der Waals surface area contributed by atoms with Crippen molar-refractivity contribution in [3.05, 3.63) is 36.4 Å². The highest BCUT2D eigenvalue weighted by atomic mass is 28.3. The minimum absolute atomic E-state index is 1.47. The van der Waals surface area contributed by atoms with Gasteiger partial charge in [-0.3, -0.25) is 0 Å². The Hall–Kier alpha value is -1.33. The number of benzene rings is 2. The fourth-order valence-corrected chi connectivity index (χ4v) is 25.2. The van der Waals surface area contributed by atoms with E-state index in [-0.39, 0.29) is 0 Å².